The molecule has 5 rings (SSSR count). The van der Waals surface area contributed by atoms with Crippen LogP contribution in [0.1, 0.15) is 10.4 Å². The van der Waals surface area contributed by atoms with Gasteiger partial charge in [0.25, 0.3) is 5.91 Å². The number of nitrogens with zero attached hydrogens (tertiary/aromatic N) is 3. The summed E-state index contributed by atoms with van der Waals surface area (Å²) in [6, 6.07) is 19.9. The van der Waals surface area contributed by atoms with Crippen molar-refractivity contribution < 1.29 is 9.32 Å². The molecule has 2 N–H and O–H groups in total. The van der Waals surface area contributed by atoms with Gasteiger partial charge in [-0.2, -0.15) is 0 Å². The second-order valence-corrected chi connectivity index (χ2v) is 6.47. The second-order valence-electron chi connectivity index (χ2n) is 6.47. The van der Waals surface area contributed by atoms with Crippen LogP contribution in [0.2, 0.25) is 0 Å². The lowest BCUT2D eigenvalue weighted by Gasteiger charge is -2.06. The number of hydrogen-bond donors (Lipinski definition) is 1. The average Bonchev–Trinajstić information content (AvgIpc) is 3.23. The van der Waals surface area contributed by atoms with Crippen LogP contribution in [0, 0.1) is 0 Å². The molecule has 0 aliphatic carbocycles. The topological polar surface area (TPSA) is 94.9 Å². The predicted octanol–water partition coefficient (Wildman–Crippen LogP) is 4.20. The van der Waals surface area contributed by atoms with Crippen molar-refractivity contribution in [2.45, 2.75) is 0 Å². The molecule has 0 aliphatic heterocycles. The van der Waals surface area contributed by atoms with Crippen molar-refractivity contribution in [3.8, 4) is 22.6 Å². The normalized spacial score (nSPS) is 11.1. The Bertz CT molecular complexity index is 1360. The minimum atomic E-state index is -0.587. The highest BCUT2D eigenvalue weighted by Crippen LogP contribution is 2.27. The third-order valence-electron chi connectivity index (χ3n) is 4.70. The maximum Gasteiger partial charge on any atom is 0.254 e. The van der Waals surface area contributed by atoms with Crippen LogP contribution in [-0.2, 0) is 0 Å². The van der Waals surface area contributed by atoms with E-state index in [2.05, 4.69) is 34.4 Å². The molecule has 6 heteroatoms. The lowest BCUT2D eigenvalue weighted by atomic mass is 10.0. The summed E-state index contributed by atoms with van der Waals surface area (Å²) in [6.45, 7) is 0. The summed E-state index contributed by atoms with van der Waals surface area (Å²) in [5, 5.41) is 7.09. The van der Waals surface area contributed by atoms with Crippen LogP contribution in [0.4, 0.5) is 0 Å². The smallest absolute Gasteiger partial charge is 0.254 e. The summed E-state index contributed by atoms with van der Waals surface area (Å²) >= 11 is 0. The summed E-state index contributed by atoms with van der Waals surface area (Å²) in [5.74, 6) is 0.0431. The van der Waals surface area contributed by atoms with E-state index in [-0.39, 0.29) is 5.56 Å². The van der Waals surface area contributed by atoms with E-state index in [1.165, 1.54) is 11.6 Å². The van der Waals surface area contributed by atoms with Gasteiger partial charge in [-0.25, -0.2) is 9.97 Å². The zero-order chi connectivity index (χ0) is 19.1. The monoisotopic (exact) mass is 366 g/mol. The maximum absolute atomic E-state index is 11.6. The Kier molecular flexibility index (Phi) is 3.62. The number of hydrogen-bond acceptors (Lipinski definition) is 5. The summed E-state index contributed by atoms with van der Waals surface area (Å²) in [4.78, 5) is 20.8. The van der Waals surface area contributed by atoms with Gasteiger partial charge in [0.15, 0.2) is 5.82 Å². The molecule has 0 saturated carbocycles. The lowest BCUT2D eigenvalue weighted by molar-refractivity contribution is 0.1000. The van der Waals surface area contributed by atoms with E-state index in [1.807, 2.05) is 36.4 Å². The Labute approximate surface area is 159 Å². The molecule has 0 atom stereocenters. The molecule has 0 bridgehead atoms. The van der Waals surface area contributed by atoms with Gasteiger partial charge in [-0.15, -0.1) is 0 Å². The van der Waals surface area contributed by atoms with Crippen molar-refractivity contribution in [3.63, 3.8) is 0 Å². The molecule has 0 saturated heterocycles. The number of aromatic nitrogens is 3. The Morgan fingerprint density at radius 1 is 0.893 bits per heavy atom. The maximum atomic E-state index is 11.6. The van der Waals surface area contributed by atoms with Gasteiger partial charge in [0.2, 0.25) is 0 Å². The van der Waals surface area contributed by atoms with Crippen molar-refractivity contribution in [3.05, 3.63) is 78.7 Å². The van der Waals surface area contributed by atoms with E-state index in [9.17, 15) is 4.79 Å². The van der Waals surface area contributed by atoms with Gasteiger partial charge < -0.3 is 10.3 Å². The van der Waals surface area contributed by atoms with E-state index in [1.54, 1.807) is 6.20 Å². The molecule has 0 unspecified atom stereocenters. The zero-order valence-electron chi connectivity index (χ0n) is 14.7. The van der Waals surface area contributed by atoms with Crippen LogP contribution >= 0.6 is 0 Å². The van der Waals surface area contributed by atoms with E-state index in [4.69, 9.17) is 15.2 Å². The van der Waals surface area contributed by atoms with Gasteiger partial charge in [0.1, 0.15) is 17.5 Å². The van der Waals surface area contributed by atoms with E-state index < -0.39 is 5.91 Å². The fraction of sp³-hybridized carbons (Fsp3) is 0. The number of nitrogens with two attached hydrogens (primary N) is 1. The highest BCUT2D eigenvalue weighted by atomic mass is 16.5. The Morgan fingerprint density at radius 3 is 2.54 bits per heavy atom. The number of fused-ring (bicyclic) bond motifs is 2. The van der Waals surface area contributed by atoms with Crippen molar-refractivity contribution in [2.75, 3.05) is 0 Å². The molecule has 134 valence electrons. The van der Waals surface area contributed by atoms with Gasteiger partial charge in [-0.05, 0) is 22.9 Å². The average molecular weight is 366 g/mol. The fourth-order valence-corrected chi connectivity index (χ4v) is 3.26. The van der Waals surface area contributed by atoms with E-state index >= 15 is 0 Å². The Morgan fingerprint density at radius 2 is 1.68 bits per heavy atom. The van der Waals surface area contributed by atoms with Crippen LogP contribution in [0.25, 0.3) is 44.3 Å². The molecule has 0 aliphatic rings. The quantitative estimate of drug-likeness (QED) is 0.516. The number of carbonyl (C=O) groups excluding carboxylic acids is 1. The molecule has 0 fully saturated rings. The molecule has 3 aromatic carbocycles. The summed E-state index contributed by atoms with van der Waals surface area (Å²) in [7, 11) is 0. The summed E-state index contributed by atoms with van der Waals surface area (Å²) < 4.78 is 4.92. The van der Waals surface area contributed by atoms with Gasteiger partial charge >= 0.3 is 0 Å². The van der Waals surface area contributed by atoms with Gasteiger partial charge in [0, 0.05) is 22.7 Å². The first kappa shape index (κ1) is 16.1. The van der Waals surface area contributed by atoms with Crippen molar-refractivity contribution in [2.24, 2.45) is 5.73 Å². The number of primary amides is 1. The first-order chi connectivity index (χ1) is 13.7. The number of amides is 1. The Balaban J connectivity index is 1.63. The predicted molar refractivity (Wildman–Crippen MR) is 106 cm³/mol. The Hall–Kier alpha value is -4.06. The van der Waals surface area contributed by atoms with Gasteiger partial charge in [-0.3, -0.25) is 4.79 Å². The fourth-order valence-electron chi connectivity index (χ4n) is 3.26. The second kappa shape index (κ2) is 6.28. The van der Waals surface area contributed by atoms with E-state index in [0.29, 0.717) is 17.1 Å². The SMILES string of the molecule is NC(=O)c1conc1-c1ccc2cnc(-c3ccc4ccccc4c3)nc2c1. The first-order valence-electron chi connectivity index (χ1n) is 8.69. The summed E-state index contributed by atoms with van der Waals surface area (Å²) in [5.41, 5.74) is 8.42. The largest absolute Gasteiger partial charge is 0.365 e. The molecule has 0 radical (unpaired) electrons. The van der Waals surface area contributed by atoms with Crippen LogP contribution in [0.15, 0.2) is 77.6 Å². The minimum absolute atomic E-state index is 0.239. The van der Waals surface area contributed by atoms with Crippen molar-refractivity contribution in [1.29, 1.82) is 0 Å². The van der Waals surface area contributed by atoms with Crippen LogP contribution < -0.4 is 5.73 Å². The molecular weight excluding hydrogens is 352 g/mol. The zero-order valence-corrected chi connectivity index (χ0v) is 14.7. The molecule has 28 heavy (non-hydrogen) atoms. The van der Waals surface area contributed by atoms with E-state index in [0.717, 1.165) is 21.9 Å². The highest BCUT2D eigenvalue weighted by molar-refractivity contribution is 5.99. The number of rotatable bonds is 3. The van der Waals surface area contributed by atoms with Crippen molar-refractivity contribution >= 4 is 27.6 Å². The molecular formula is C22H14N4O2. The molecule has 2 heterocycles. The van der Waals surface area contributed by atoms with Crippen LogP contribution in [0.3, 0.4) is 0 Å². The summed E-state index contributed by atoms with van der Waals surface area (Å²) in [6.07, 6.45) is 3.04. The third kappa shape index (κ3) is 2.68. The molecule has 5 aromatic rings. The standard InChI is InChI=1S/C22H14N4O2/c23-21(27)18-12-28-26-20(18)15-6-8-17-11-24-22(25-19(17)10-15)16-7-5-13-3-1-2-4-14(13)9-16/h1-12H,(H2,23,27). The molecule has 2 aromatic heterocycles. The van der Waals surface area contributed by atoms with Crippen LogP contribution in [-0.4, -0.2) is 21.0 Å². The highest BCUT2D eigenvalue weighted by Gasteiger charge is 2.15. The number of benzene rings is 3. The van der Waals surface area contributed by atoms with Crippen molar-refractivity contribution in [1.82, 2.24) is 15.1 Å². The van der Waals surface area contributed by atoms with Gasteiger partial charge in [-0.1, -0.05) is 53.7 Å². The van der Waals surface area contributed by atoms with Gasteiger partial charge in [0.05, 0.1) is 5.52 Å². The first-order valence-corrected chi connectivity index (χ1v) is 8.69. The minimum Gasteiger partial charge on any atom is -0.365 e. The van der Waals surface area contributed by atoms with Crippen LogP contribution in [0.5, 0.6) is 0 Å². The molecule has 0 spiro atoms. The third-order valence-corrected chi connectivity index (χ3v) is 4.70. The number of carbonyl (C=O) groups is 1. The lowest BCUT2D eigenvalue weighted by Crippen LogP contribution is -2.11. The molecule has 6 nitrogen and oxygen atoms in total. The molecule has 1 amide bonds.